The molecule has 0 atom stereocenters. The Morgan fingerprint density at radius 3 is 2.69 bits per heavy atom. The molecule has 0 amide bonds. The van der Waals surface area contributed by atoms with Gasteiger partial charge in [-0.3, -0.25) is 4.68 Å². The minimum Gasteiger partial charge on any atom is -0.314 e. The number of hydrogen-bond donors (Lipinski definition) is 1. The number of rotatable bonds is 6. The molecule has 0 bridgehead atoms. The van der Waals surface area contributed by atoms with Crippen LogP contribution in [0.4, 0.5) is 0 Å². The fourth-order valence-electron chi connectivity index (χ4n) is 1.29. The normalized spacial score (nSPS) is 12.2. The van der Waals surface area contributed by atoms with Crippen LogP contribution in [0.2, 0.25) is 0 Å². The number of hydrogen-bond acceptors (Lipinski definition) is 4. The fourth-order valence-corrected chi connectivity index (χ4v) is 1.84. The summed E-state index contributed by atoms with van der Waals surface area (Å²) in [6.45, 7) is 5.83. The second-order valence-corrected chi connectivity index (χ2v) is 6.19. The van der Waals surface area contributed by atoms with Crippen LogP contribution in [0.5, 0.6) is 0 Å². The van der Waals surface area contributed by atoms with Crippen LogP contribution in [0.1, 0.15) is 20.3 Å². The van der Waals surface area contributed by atoms with Gasteiger partial charge in [-0.05, 0) is 13.0 Å². The van der Waals surface area contributed by atoms with Crippen LogP contribution in [0.25, 0.3) is 0 Å². The predicted molar refractivity (Wildman–Crippen MR) is 63.1 cm³/mol. The molecule has 0 fully saturated rings. The van der Waals surface area contributed by atoms with Crippen LogP contribution in [-0.2, 0) is 16.4 Å². The van der Waals surface area contributed by atoms with Gasteiger partial charge in [-0.25, -0.2) is 8.42 Å². The largest absolute Gasteiger partial charge is 0.314 e. The third kappa shape index (κ3) is 4.32. The first-order valence-electron chi connectivity index (χ1n) is 5.35. The summed E-state index contributed by atoms with van der Waals surface area (Å²) in [5.41, 5.74) is 0. The first kappa shape index (κ1) is 13.2. The van der Waals surface area contributed by atoms with Crippen molar-refractivity contribution >= 4 is 9.84 Å². The Morgan fingerprint density at radius 1 is 1.50 bits per heavy atom. The lowest BCUT2D eigenvalue weighted by atomic mass is 10.3. The molecule has 6 heteroatoms. The van der Waals surface area contributed by atoms with Crippen molar-refractivity contribution in [1.82, 2.24) is 15.1 Å². The maximum Gasteiger partial charge on any atom is 0.178 e. The number of nitrogens with one attached hydrogen (secondary N) is 1. The fraction of sp³-hybridized carbons (Fsp3) is 0.700. The van der Waals surface area contributed by atoms with Crippen molar-refractivity contribution in [2.45, 2.75) is 37.8 Å². The zero-order valence-electron chi connectivity index (χ0n) is 9.97. The zero-order chi connectivity index (χ0) is 12.2. The average Bonchev–Trinajstić information content (AvgIpc) is 2.59. The zero-order valence-corrected chi connectivity index (χ0v) is 10.8. The molecule has 0 spiro atoms. The Kier molecular flexibility index (Phi) is 4.49. The molecule has 1 heterocycles. The van der Waals surface area contributed by atoms with Crippen LogP contribution in [0.3, 0.4) is 0 Å². The van der Waals surface area contributed by atoms with Crippen LogP contribution in [-0.4, -0.2) is 37.0 Å². The SMILES string of the molecule is CC(C)NCCCn1cc(S(C)(=O)=O)cn1. The van der Waals surface area contributed by atoms with E-state index in [2.05, 4.69) is 24.3 Å². The van der Waals surface area contributed by atoms with Gasteiger partial charge >= 0.3 is 0 Å². The summed E-state index contributed by atoms with van der Waals surface area (Å²) in [6, 6.07) is 0.476. The standard InChI is InChI=1S/C10H19N3O2S/c1-9(2)11-5-4-6-13-8-10(7-12-13)16(3,14)15/h7-9,11H,4-6H2,1-3H3. The molecule has 0 saturated heterocycles. The van der Waals surface area contributed by atoms with E-state index in [1.54, 1.807) is 10.9 Å². The van der Waals surface area contributed by atoms with Crippen molar-refractivity contribution in [3.63, 3.8) is 0 Å². The lowest BCUT2D eigenvalue weighted by Crippen LogP contribution is -2.24. The van der Waals surface area contributed by atoms with Crippen molar-refractivity contribution in [2.24, 2.45) is 0 Å². The van der Waals surface area contributed by atoms with Gasteiger partial charge in [0.25, 0.3) is 0 Å². The van der Waals surface area contributed by atoms with Gasteiger partial charge in [0.05, 0.1) is 6.20 Å². The lowest BCUT2D eigenvalue weighted by Gasteiger charge is -2.07. The molecular weight excluding hydrogens is 226 g/mol. The molecule has 1 aromatic rings. The summed E-state index contributed by atoms with van der Waals surface area (Å²) in [6.07, 6.45) is 5.09. The second-order valence-electron chi connectivity index (χ2n) is 4.17. The van der Waals surface area contributed by atoms with Gasteiger partial charge in [-0.2, -0.15) is 5.10 Å². The first-order chi connectivity index (χ1) is 7.39. The summed E-state index contributed by atoms with van der Waals surface area (Å²) >= 11 is 0. The van der Waals surface area contributed by atoms with E-state index in [0.29, 0.717) is 6.04 Å². The summed E-state index contributed by atoms with van der Waals surface area (Å²) in [5, 5.41) is 7.30. The van der Waals surface area contributed by atoms with Crippen LogP contribution < -0.4 is 5.32 Å². The molecule has 0 aliphatic carbocycles. The third-order valence-electron chi connectivity index (χ3n) is 2.15. The molecule has 0 aliphatic heterocycles. The van der Waals surface area contributed by atoms with Crippen LogP contribution >= 0.6 is 0 Å². The molecule has 16 heavy (non-hydrogen) atoms. The summed E-state index contributed by atoms with van der Waals surface area (Å²) < 4.78 is 24.1. The van der Waals surface area contributed by atoms with E-state index in [0.717, 1.165) is 19.5 Å². The van der Waals surface area contributed by atoms with Crippen molar-refractivity contribution in [3.05, 3.63) is 12.4 Å². The highest BCUT2D eigenvalue weighted by Gasteiger charge is 2.09. The molecule has 5 nitrogen and oxygen atoms in total. The molecule has 0 saturated carbocycles. The molecule has 0 radical (unpaired) electrons. The number of nitrogens with zero attached hydrogens (tertiary/aromatic N) is 2. The Bertz CT molecular complexity index is 423. The number of aryl methyl sites for hydroxylation is 1. The highest BCUT2D eigenvalue weighted by molar-refractivity contribution is 7.90. The van der Waals surface area contributed by atoms with Crippen molar-refractivity contribution in [2.75, 3.05) is 12.8 Å². The topological polar surface area (TPSA) is 64.0 Å². The molecule has 0 aromatic carbocycles. The van der Waals surface area contributed by atoms with E-state index in [9.17, 15) is 8.42 Å². The van der Waals surface area contributed by atoms with Crippen molar-refractivity contribution < 1.29 is 8.42 Å². The first-order valence-corrected chi connectivity index (χ1v) is 7.24. The Hall–Kier alpha value is -0.880. The molecule has 0 unspecified atom stereocenters. The molecule has 92 valence electrons. The molecule has 1 rings (SSSR count). The number of aromatic nitrogens is 2. The van der Waals surface area contributed by atoms with Gasteiger partial charge in [0.15, 0.2) is 9.84 Å². The summed E-state index contributed by atoms with van der Waals surface area (Å²) in [4.78, 5) is 0.282. The Balaban J connectivity index is 2.42. The van der Waals surface area contributed by atoms with Crippen LogP contribution in [0, 0.1) is 0 Å². The van der Waals surface area contributed by atoms with Gasteiger partial charge in [-0.1, -0.05) is 13.8 Å². The summed E-state index contributed by atoms with van der Waals surface area (Å²) in [5.74, 6) is 0. The Morgan fingerprint density at radius 2 is 2.19 bits per heavy atom. The van der Waals surface area contributed by atoms with Gasteiger partial charge in [0.1, 0.15) is 4.90 Å². The van der Waals surface area contributed by atoms with Gasteiger partial charge < -0.3 is 5.32 Å². The second kappa shape index (κ2) is 5.45. The van der Waals surface area contributed by atoms with Crippen LogP contribution in [0.15, 0.2) is 17.3 Å². The summed E-state index contributed by atoms with van der Waals surface area (Å²) in [7, 11) is -3.12. The average molecular weight is 245 g/mol. The van der Waals surface area contributed by atoms with Crippen molar-refractivity contribution in [1.29, 1.82) is 0 Å². The van der Waals surface area contributed by atoms with E-state index in [4.69, 9.17) is 0 Å². The predicted octanol–water partition coefficient (Wildman–Crippen LogP) is 0.675. The Labute approximate surface area is 96.8 Å². The maximum absolute atomic E-state index is 11.2. The van der Waals surface area contributed by atoms with E-state index in [1.807, 2.05) is 0 Å². The van der Waals surface area contributed by atoms with Gasteiger partial charge in [0.2, 0.25) is 0 Å². The quantitative estimate of drug-likeness (QED) is 0.748. The van der Waals surface area contributed by atoms with E-state index in [-0.39, 0.29) is 4.90 Å². The highest BCUT2D eigenvalue weighted by Crippen LogP contribution is 2.06. The molecule has 0 aliphatic rings. The molecule has 1 N–H and O–H groups in total. The lowest BCUT2D eigenvalue weighted by molar-refractivity contribution is 0.513. The minimum atomic E-state index is -3.12. The molecule has 1 aromatic heterocycles. The monoisotopic (exact) mass is 245 g/mol. The highest BCUT2D eigenvalue weighted by atomic mass is 32.2. The van der Waals surface area contributed by atoms with E-state index in [1.165, 1.54) is 12.5 Å². The number of sulfone groups is 1. The van der Waals surface area contributed by atoms with Gasteiger partial charge in [-0.15, -0.1) is 0 Å². The van der Waals surface area contributed by atoms with E-state index < -0.39 is 9.84 Å². The smallest absolute Gasteiger partial charge is 0.178 e. The van der Waals surface area contributed by atoms with Gasteiger partial charge in [0, 0.05) is 25.0 Å². The van der Waals surface area contributed by atoms with Crippen molar-refractivity contribution in [3.8, 4) is 0 Å². The molecular formula is C10H19N3O2S. The minimum absolute atomic E-state index is 0.282. The van der Waals surface area contributed by atoms with E-state index >= 15 is 0 Å². The third-order valence-corrected chi connectivity index (χ3v) is 3.22. The maximum atomic E-state index is 11.2.